The van der Waals surface area contributed by atoms with Crippen molar-refractivity contribution in [3.63, 3.8) is 0 Å². The molecule has 1 unspecified atom stereocenters. The Kier molecular flexibility index (Phi) is 9.91. The fraction of sp³-hybridized carbons (Fsp3) is 0.552. The van der Waals surface area contributed by atoms with Crippen LogP contribution >= 0.6 is 35.1 Å². The summed E-state index contributed by atoms with van der Waals surface area (Å²) in [6.07, 6.45) is 3.96. The standard InChI is InChI=1S/C29H37Cl2FN2O3S/c1-5-38-33-28(35)24-15-23(19-6-7-19)26(16-25(24)32)37-17-18-8-10-34(11-9-18)27(29(2,3)36-4)20-12-21(30)14-22(31)13-20/h12-16,18-19,27H,5-11,17H2,1-4H3,(H,33,35). The first-order valence-electron chi connectivity index (χ1n) is 13.3. The van der Waals surface area contributed by atoms with Crippen molar-refractivity contribution in [2.75, 3.05) is 32.6 Å². The highest BCUT2D eigenvalue weighted by Crippen LogP contribution is 2.45. The zero-order chi connectivity index (χ0) is 27.4. The first-order chi connectivity index (χ1) is 18.1. The number of nitrogens with one attached hydrogen (secondary N) is 1. The number of nitrogens with zero attached hydrogens (tertiary/aromatic N) is 1. The highest BCUT2D eigenvalue weighted by Gasteiger charge is 2.38. The van der Waals surface area contributed by atoms with E-state index in [0.29, 0.717) is 34.2 Å². The Balaban J connectivity index is 1.42. The molecule has 2 aliphatic rings. The quantitative estimate of drug-likeness (QED) is 0.275. The maximum Gasteiger partial charge on any atom is 0.264 e. The first kappa shape index (κ1) is 29.5. The zero-order valence-electron chi connectivity index (χ0n) is 22.5. The van der Waals surface area contributed by atoms with Crippen LogP contribution in [0.1, 0.15) is 79.9 Å². The summed E-state index contributed by atoms with van der Waals surface area (Å²) in [4.78, 5) is 14.8. The van der Waals surface area contributed by atoms with Crippen LogP contribution < -0.4 is 9.46 Å². The van der Waals surface area contributed by atoms with Gasteiger partial charge in [0.05, 0.1) is 23.8 Å². The molecule has 38 heavy (non-hydrogen) atoms. The Bertz CT molecular complexity index is 1120. The van der Waals surface area contributed by atoms with E-state index in [1.165, 1.54) is 18.0 Å². The summed E-state index contributed by atoms with van der Waals surface area (Å²) in [6.45, 7) is 8.36. The predicted octanol–water partition coefficient (Wildman–Crippen LogP) is 7.66. The van der Waals surface area contributed by atoms with Crippen LogP contribution in [0.15, 0.2) is 30.3 Å². The molecule has 1 saturated heterocycles. The average Bonchev–Trinajstić information content (AvgIpc) is 3.71. The number of hydrogen-bond donors (Lipinski definition) is 1. The van der Waals surface area contributed by atoms with Crippen LogP contribution in [0, 0.1) is 11.7 Å². The Hall–Kier alpha value is -1.51. The molecule has 208 valence electrons. The lowest BCUT2D eigenvalue weighted by Crippen LogP contribution is -2.47. The van der Waals surface area contributed by atoms with E-state index in [-0.39, 0.29) is 11.6 Å². The number of piperidine rings is 1. The van der Waals surface area contributed by atoms with Gasteiger partial charge in [0.1, 0.15) is 11.6 Å². The summed E-state index contributed by atoms with van der Waals surface area (Å²) in [6, 6.07) is 8.75. The number of halogens is 3. The van der Waals surface area contributed by atoms with Gasteiger partial charge in [-0.15, -0.1) is 0 Å². The van der Waals surface area contributed by atoms with Crippen LogP contribution in [0.4, 0.5) is 4.39 Å². The van der Waals surface area contributed by atoms with Gasteiger partial charge in [-0.05, 0) is 99.8 Å². The van der Waals surface area contributed by atoms with E-state index in [9.17, 15) is 9.18 Å². The predicted molar refractivity (Wildman–Crippen MR) is 154 cm³/mol. The number of benzene rings is 2. The molecular weight excluding hydrogens is 546 g/mol. The lowest BCUT2D eigenvalue weighted by Gasteiger charge is -2.44. The van der Waals surface area contributed by atoms with Crippen molar-refractivity contribution in [1.82, 2.24) is 9.62 Å². The third-order valence-electron chi connectivity index (χ3n) is 7.54. The van der Waals surface area contributed by atoms with E-state index in [0.717, 1.165) is 55.7 Å². The third-order valence-corrected chi connectivity index (χ3v) is 8.60. The molecule has 1 N–H and O–H groups in total. The average molecular weight is 584 g/mol. The van der Waals surface area contributed by atoms with E-state index >= 15 is 0 Å². The SMILES string of the molecule is CCSNC(=O)c1cc(C2CC2)c(OCC2CCN(C(c3cc(Cl)cc(Cl)c3)C(C)(C)OC)CC2)cc1F. The Morgan fingerprint density at radius 2 is 1.79 bits per heavy atom. The van der Waals surface area contributed by atoms with E-state index in [1.807, 2.05) is 19.1 Å². The van der Waals surface area contributed by atoms with Gasteiger partial charge in [-0.1, -0.05) is 42.1 Å². The fourth-order valence-electron chi connectivity index (χ4n) is 5.26. The molecule has 2 fully saturated rings. The van der Waals surface area contributed by atoms with Crippen molar-refractivity contribution in [1.29, 1.82) is 0 Å². The van der Waals surface area contributed by atoms with Gasteiger partial charge in [0.15, 0.2) is 0 Å². The Morgan fingerprint density at radius 1 is 1.13 bits per heavy atom. The van der Waals surface area contributed by atoms with Gasteiger partial charge in [0, 0.05) is 29.0 Å². The lowest BCUT2D eigenvalue weighted by atomic mass is 9.87. The fourth-order valence-corrected chi connectivity index (χ4v) is 6.19. The minimum absolute atomic E-state index is 0.00862. The normalized spacial score (nSPS) is 17.9. The summed E-state index contributed by atoms with van der Waals surface area (Å²) in [5.41, 5.74) is 1.62. The van der Waals surface area contributed by atoms with Gasteiger partial charge in [0.2, 0.25) is 0 Å². The summed E-state index contributed by atoms with van der Waals surface area (Å²) in [5.74, 6) is 1.03. The molecule has 1 atom stereocenters. The maximum absolute atomic E-state index is 14.9. The van der Waals surface area contributed by atoms with Crippen molar-refractivity contribution in [2.24, 2.45) is 5.92 Å². The monoisotopic (exact) mass is 582 g/mol. The number of hydrogen-bond acceptors (Lipinski definition) is 5. The van der Waals surface area contributed by atoms with Gasteiger partial charge in [-0.2, -0.15) is 0 Å². The van der Waals surface area contributed by atoms with Crippen LogP contribution in [0.25, 0.3) is 0 Å². The van der Waals surface area contributed by atoms with Gasteiger partial charge < -0.3 is 9.47 Å². The van der Waals surface area contributed by atoms with E-state index in [1.54, 1.807) is 19.2 Å². The molecule has 1 heterocycles. The Morgan fingerprint density at radius 3 is 2.37 bits per heavy atom. The number of likely N-dealkylation sites (tertiary alicyclic amines) is 1. The van der Waals surface area contributed by atoms with Gasteiger partial charge in [0.25, 0.3) is 5.91 Å². The lowest BCUT2D eigenvalue weighted by molar-refractivity contribution is -0.0644. The van der Waals surface area contributed by atoms with Crippen LogP contribution in [-0.2, 0) is 4.74 Å². The van der Waals surface area contributed by atoms with E-state index in [4.69, 9.17) is 32.7 Å². The van der Waals surface area contributed by atoms with Crippen LogP contribution in [0.3, 0.4) is 0 Å². The van der Waals surface area contributed by atoms with Crippen LogP contribution in [0.2, 0.25) is 10.0 Å². The molecule has 2 aromatic rings. The molecule has 0 bridgehead atoms. The molecule has 2 aromatic carbocycles. The highest BCUT2D eigenvalue weighted by molar-refractivity contribution is 7.97. The Labute approximate surface area is 239 Å². The number of amides is 1. The van der Waals surface area contributed by atoms with Crippen LogP contribution in [0.5, 0.6) is 5.75 Å². The number of carbonyl (C=O) groups is 1. The minimum Gasteiger partial charge on any atom is -0.493 e. The topological polar surface area (TPSA) is 50.8 Å². The summed E-state index contributed by atoms with van der Waals surface area (Å²) in [5, 5.41) is 1.22. The van der Waals surface area contributed by atoms with Crippen molar-refractivity contribution in [3.8, 4) is 5.75 Å². The van der Waals surface area contributed by atoms with Crippen molar-refractivity contribution in [3.05, 3.63) is 62.9 Å². The second-order valence-corrected chi connectivity index (χ2v) is 12.7. The van der Waals surface area contributed by atoms with E-state index < -0.39 is 17.3 Å². The van der Waals surface area contributed by atoms with Gasteiger partial charge >= 0.3 is 0 Å². The second-order valence-electron chi connectivity index (χ2n) is 10.7. The van der Waals surface area contributed by atoms with E-state index in [2.05, 4.69) is 23.5 Å². The molecule has 1 amide bonds. The molecule has 1 saturated carbocycles. The van der Waals surface area contributed by atoms with Crippen molar-refractivity contribution < 1.29 is 18.7 Å². The first-order valence-corrected chi connectivity index (χ1v) is 15.0. The van der Waals surface area contributed by atoms with Gasteiger partial charge in [-0.25, -0.2) is 4.39 Å². The minimum atomic E-state index is -0.543. The summed E-state index contributed by atoms with van der Waals surface area (Å²) < 4.78 is 29.7. The smallest absolute Gasteiger partial charge is 0.264 e. The molecule has 5 nitrogen and oxygen atoms in total. The second kappa shape index (κ2) is 12.8. The third kappa shape index (κ3) is 7.16. The molecule has 4 rings (SSSR count). The maximum atomic E-state index is 14.9. The summed E-state index contributed by atoms with van der Waals surface area (Å²) >= 11 is 13.9. The summed E-state index contributed by atoms with van der Waals surface area (Å²) in [7, 11) is 1.73. The molecular formula is C29H37Cl2FN2O3S. The molecule has 1 aliphatic heterocycles. The molecule has 0 radical (unpaired) electrons. The van der Waals surface area contributed by atoms with Gasteiger partial charge in [-0.3, -0.25) is 14.4 Å². The number of methoxy groups -OCH3 is 1. The van der Waals surface area contributed by atoms with Crippen molar-refractivity contribution >= 4 is 41.1 Å². The molecule has 1 aliphatic carbocycles. The van der Waals surface area contributed by atoms with Crippen LogP contribution in [-0.4, -0.2) is 49.0 Å². The zero-order valence-corrected chi connectivity index (χ0v) is 24.8. The number of rotatable bonds is 11. The largest absolute Gasteiger partial charge is 0.493 e. The number of carbonyl (C=O) groups excluding carboxylic acids is 1. The molecule has 0 aromatic heterocycles. The highest BCUT2D eigenvalue weighted by atomic mass is 35.5. The van der Waals surface area contributed by atoms with Crippen molar-refractivity contribution in [2.45, 2.75) is 64.0 Å². The number of ether oxygens (including phenoxy) is 2. The molecule has 9 heteroatoms. The molecule has 0 spiro atoms.